The topological polar surface area (TPSA) is 81.2 Å². The quantitative estimate of drug-likeness (QED) is 0.459. The van der Waals surface area contributed by atoms with Crippen LogP contribution in [0.25, 0.3) is 16.6 Å². The molecule has 1 aliphatic carbocycles. The van der Waals surface area contributed by atoms with Crippen molar-refractivity contribution in [2.75, 3.05) is 4.90 Å². The number of aromatic nitrogens is 2. The van der Waals surface area contributed by atoms with Crippen LogP contribution in [0.4, 0.5) is 14.5 Å². The van der Waals surface area contributed by atoms with Gasteiger partial charge in [-0.25, -0.2) is 13.5 Å². The van der Waals surface area contributed by atoms with Crippen LogP contribution in [0.2, 0.25) is 0 Å². The van der Waals surface area contributed by atoms with Gasteiger partial charge in [0.15, 0.2) is 6.17 Å². The zero-order valence-electron chi connectivity index (χ0n) is 18.9. The van der Waals surface area contributed by atoms with Gasteiger partial charge in [0.05, 0.1) is 23.4 Å². The van der Waals surface area contributed by atoms with E-state index in [2.05, 4.69) is 5.10 Å². The fourth-order valence-electron chi connectivity index (χ4n) is 4.30. The van der Waals surface area contributed by atoms with Gasteiger partial charge < -0.3 is 10.6 Å². The summed E-state index contributed by atoms with van der Waals surface area (Å²) in [6, 6.07) is 20.7. The first-order valence-electron chi connectivity index (χ1n) is 11.5. The fraction of sp³-hybridized carbons (Fsp3) is 0.222. The van der Waals surface area contributed by atoms with E-state index in [4.69, 9.17) is 5.73 Å². The molecule has 2 fully saturated rings. The number of carbonyl (C=O) groups excluding carboxylic acids is 2. The zero-order valence-corrected chi connectivity index (χ0v) is 18.9. The molecule has 2 atom stereocenters. The van der Waals surface area contributed by atoms with Crippen LogP contribution in [0.15, 0.2) is 79.0 Å². The molecule has 2 unspecified atom stereocenters. The first-order chi connectivity index (χ1) is 16.9. The molecule has 178 valence electrons. The van der Waals surface area contributed by atoms with E-state index < -0.39 is 12.1 Å². The molecule has 6 nitrogen and oxygen atoms in total. The highest BCUT2D eigenvalue weighted by Crippen LogP contribution is 2.39. The third-order valence-electron chi connectivity index (χ3n) is 6.31. The Labute approximate surface area is 201 Å². The van der Waals surface area contributed by atoms with Gasteiger partial charge in [0.2, 0.25) is 5.91 Å². The van der Waals surface area contributed by atoms with Gasteiger partial charge in [0, 0.05) is 23.4 Å². The van der Waals surface area contributed by atoms with E-state index in [-0.39, 0.29) is 30.1 Å². The van der Waals surface area contributed by atoms with Gasteiger partial charge in [-0.15, -0.1) is 0 Å². The lowest BCUT2D eigenvalue weighted by Gasteiger charge is -2.25. The average Bonchev–Trinajstić information content (AvgIpc) is 3.58. The molecule has 1 saturated heterocycles. The summed E-state index contributed by atoms with van der Waals surface area (Å²) in [5.41, 5.74) is 7.95. The number of hydrogen-bond donors (Lipinski definition) is 1. The monoisotopic (exact) mass is 474 g/mol. The highest BCUT2D eigenvalue weighted by molar-refractivity contribution is 6.01. The van der Waals surface area contributed by atoms with Crippen LogP contribution in [0.3, 0.4) is 0 Å². The number of carbonyl (C=O) groups is 2. The third-order valence-corrected chi connectivity index (χ3v) is 6.31. The Hall–Kier alpha value is -4.07. The van der Waals surface area contributed by atoms with Crippen molar-refractivity contribution in [1.29, 1.82) is 0 Å². The minimum Gasteiger partial charge on any atom is -0.369 e. The normalized spacial score (nSPS) is 19.5. The second-order valence-electron chi connectivity index (χ2n) is 8.79. The van der Waals surface area contributed by atoms with E-state index in [0.717, 1.165) is 35.0 Å². The maximum Gasteiger partial charge on any atom is 0.262 e. The Balaban J connectivity index is 0.000000371. The molecule has 0 radical (unpaired) electrons. The summed E-state index contributed by atoms with van der Waals surface area (Å²) in [6.45, 7) is 0. The minimum absolute atomic E-state index is 0.130. The van der Waals surface area contributed by atoms with Crippen LogP contribution in [-0.2, 0) is 9.59 Å². The summed E-state index contributed by atoms with van der Waals surface area (Å²) >= 11 is 0. The number of halogens is 2. The van der Waals surface area contributed by atoms with E-state index in [1.54, 1.807) is 29.1 Å². The molecule has 4 aromatic rings. The van der Waals surface area contributed by atoms with Crippen LogP contribution in [0, 0.1) is 11.7 Å². The van der Waals surface area contributed by atoms with E-state index in [1.807, 2.05) is 42.5 Å². The van der Waals surface area contributed by atoms with Crippen LogP contribution in [0.5, 0.6) is 0 Å². The van der Waals surface area contributed by atoms with Gasteiger partial charge in [-0.3, -0.25) is 9.59 Å². The Morgan fingerprint density at radius 2 is 1.66 bits per heavy atom. The lowest BCUT2D eigenvalue weighted by molar-refractivity contribution is -0.121. The molecule has 3 aromatic carbocycles. The van der Waals surface area contributed by atoms with Crippen LogP contribution in [-0.4, -0.2) is 27.8 Å². The smallest absolute Gasteiger partial charge is 0.262 e. The molecule has 8 heteroatoms. The summed E-state index contributed by atoms with van der Waals surface area (Å²) in [5, 5.41) is 5.20. The van der Waals surface area contributed by atoms with Crippen molar-refractivity contribution in [2.45, 2.75) is 31.5 Å². The molecule has 2 amide bonds. The number of anilines is 1. The molecule has 0 bridgehead atoms. The molecule has 0 spiro atoms. The highest BCUT2D eigenvalue weighted by Gasteiger charge is 2.41. The van der Waals surface area contributed by atoms with Crippen molar-refractivity contribution in [3.63, 3.8) is 0 Å². The van der Waals surface area contributed by atoms with Crippen LogP contribution < -0.4 is 10.6 Å². The number of nitrogens with zero attached hydrogens (tertiary/aromatic N) is 3. The third kappa shape index (κ3) is 4.64. The molecular formula is C27H24F2N4O2. The first kappa shape index (κ1) is 22.7. The molecule has 2 aliphatic rings. The van der Waals surface area contributed by atoms with Crippen molar-refractivity contribution < 1.29 is 18.4 Å². The van der Waals surface area contributed by atoms with Crippen molar-refractivity contribution >= 4 is 28.4 Å². The van der Waals surface area contributed by atoms with E-state index in [1.165, 1.54) is 17.0 Å². The van der Waals surface area contributed by atoms with Gasteiger partial charge >= 0.3 is 0 Å². The lowest BCUT2D eigenvalue weighted by Crippen LogP contribution is -2.29. The molecule has 1 saturated carbocycles. The summed E-state index contributed by atoms with van der Waals surface area (Å²) < 4.78 is 29.2. The van der Waals surface area contributed by atoms with Crippen molar-refractivity contribution in [3.8, 4) is 5.69 Å². The number of nitrogens with two attached hydrogens (primary N) is 1. The van der Waals surface area contributed by atoms with Crippen molar-refractivity contribution in [3.05, 3.63) is 90.4 Å². The van der Waals surface area contributed by atoms with Gasteiger partial charge in [-0.1, -0.05) is 30.3 Å². The molecule has 1 aliphatic heterocycles. The van der Waals surface area contributed by atoms with E-state index in [0.29, 0.717) is 5.69 Å². The molecule has 2 N–H and O–H groups in total. The summed E-state index contributed by atoms with van der Waals surface area (Å²) in [7, 11) is 0. The van der Waals surface area contributed by atoms with E-state index >= 15 is 0 Å². The molecule has 1 aromatic heterocycles. The summed E-state index contributed by atoms with van der Waals surface area (Å²) in [5.74, 6) is -0.725. The molecular weight excluding hydrogens is 450 g/mol. The maximum absolute atomic E-state index is 14.3. The predicted molar refractivity (Wildman–Crippen MR) is 129 cm³/mol. The van der Waals surface area contributed by atoms with E-state index in [9.17, 15) is 18.4 Å². The molecule has 6 rings (SSSR count). The standard InChI is InChI=1S/C23H17F2N3O.C4H7NO/c24-17-6-8-18(9-7-17)28-21-11-10-19(12-16(21)14-26-28)27-22(13-20(25)23(27)29)15-4-2-1-3-5-15;5-4(6)3-1-2-3/h1-12,14,20,22H,13H2;3H,1-2H2,(H2,5,6). The molecule has 2 heterocycles. The predicted octanol–water partition coefficient (Wildman–Crippen LogP) is 4.86. The minimum atomic E-state index is -1.52. The summed E-state index contributed by atoms with van der Waals surface area (Å²) in [4.78, 5) is 24.1. The van der Waals surface area contributed by atoms with Gasteiger partial charge in [0.1, 0.15) is 5.82 Å². The first-order valence-corrected chi connectivity index (χ1v) is 11.5. The Morgan fingerprint density at radius 1 is 0.971 bits per heavy atom. The van der Waals surface area contributed by atoms with Gasteiger partial charge in [-0.2, -0.15) is 5.10 Å². The Kier molecular flexibility index (Phi) is 6.03. The second kappa shape index (κ2) is 9.29. The number of rotatable bonds is 4. The summed E-state index contributed by atoms with van der Waals surface area (Å²) in [6.07, 6.45) is 2.35. The maximum atomic E-state index is 14.3. The Morgan fingerprint density at radius 3 is 2.29 bits per heavy atom. The van der Waals surface area contributed by atoms with Crippen molar-refractivity contribution in [2.24, 2.45) is 11.7 Å². The van der Waals surface area contributed by atoms with Crippen LogP contribution in [0.1, 0.15) is 30.9 Å². The number of amides is 2. The highest BCUT2D eigenvalue weighted by atomic mass is 19.1. The number of alkyl halides is 1. The SMILES string of the molecule is NC(=O)C1CC1.O=C1C(F)CC(c2ccccc2)N1c1ccc2c(cnn2-c2ccc(F)cc2)c1. The van der Waals surface area contributed by atoms with Crippen LogP contribution >= 0.6 is 0 Å². The fourth-order valence-corrected chi connectivity index (χ4v) is 4.30. The number of fused-ring (bicyclic) bond motifs is 1. The Bertz CT molecular complexity index is 1370. The lowest BCUT2D eigenvalue weighted by atomic mass is 10.0. The molecule has 35 heavy (non-hydrogen) atoms. The zero-order chi connectivity index (χ0) is 24.5. The van der Waals surface area contributed by atoms with Gasteiger partial charge in [-0.05, 0) is 60.9 Å². The van der Waals surface area contributed by atoms with Crippen molar-refractivity contribution in [1.82, 2.24) is 9.78 Å². The number of benzene rings is 3. The largest absolute Gasteiger partial charge is 0.369 e. The number of primary amides is 1. The number of hydrogen-bond acceptors (Lipinski definition) is 3. The second-order valence-corrected chi connectivity index (χ2v) is 8.79. The van der Waals surface area contributed by atoms with Gasteiger partial charge in [0.25, 0.3) is 5.91 Å². The average molecular weight is 475 g/mol.